The Kier molecular flexibility index (Phi) is 6.46. The molecule has 106 valence electrons. The highest BCUT2D eigenvalue weighted by Crippen LogP contribution is 2.18. The fourth-order valence-electron chi connectivity index (χ4n) is 2.77. The lowest BCUT2D eigenvalue weighted by Crippen LogP contribution is -2.37. The summed E-state index contributed by atoms with van der Waals surface area (Å²) in [6.45, 7) is 7.98. The van der Waals surface area contributed by atoms with Gasteiger partial charge < -0.3 is 15.0 Å². The van der Waals surface area contributed by atoms with Gasteiger partial charge in [-0.05, 0) is 58.5 Å². The highest BCUT2D eigenvalue weighted by atomic mass is 16.5. The quantitative estimate of drug-likeness (QED) is 0.640. The van der Waals surface area contributed by atoms with Gasteiger partial charge in [0.25, 0.3) is 0 Å². The van der Waals surface area contributed by atoms with Crippen molar-refractivity contribution in [3.05, 3.63) is 0 Å². The van der Waals surface area contributed by atoms with Gasteiger partial charge in [0.05, 0.1) is 6.10 Å². The average molecular weight is 254 g/mol. The van der Waals surface area contributed by atoms with E-state index in [-0.39, 0.29) is 0 Å². The van der Waals surface area contributed by atoms with E-state index in [4.69, 9.17) is 4.74 Å². The van der Waals surface area contributed by atoms with Crippen molar-refractivity contribution in [2.75, 3.05) is 32.8 Å². The first-order valence-electron chi connectivity index (χ1n) is 7.96. The predicted octanol–water partition coefficient (Wildman–Crippen LogP) is 2.41. The second-order valence-electron chi connectivity index (χ2n) is 5.79. The van der Waals surface area contributed by atoms with Gasteiger partial charge in [0, 0.05) is 25.7 Å². The van der Waals surface area contributed by atoms with Gasteiger partial charge >= 0.3 is 0 Å². The van der Waals surface area contributed by atoms with Crippen LogP contribution in [0.4, 0.5) is 0 Å². The molecular weight excluding hydrogens is 224 g/mol. The summed E-state index contributed by atoms with van der Waals surface area (Å²) in [5.74, 6) is 0. The van der Waals surface area contributed by atoms with Crippen LogP contribution < -0.4 is 5.32 Å². The molecule has 2 rings (SSSR count). The van der Waals surface area contributed by atoms with E-state index in [9.17, 15) is 0 Å². The van der Waals surface area contributed by atoms with Crippen molar-refractivity contribution in [2.24, 2.45) is 0 Å². The number of nitrogens with zero attached hydrogens (tertiary/aromatic N) is 1. The van der Waals surface area contributed by atoms with E-state index in [1.54, 1.807) is 0 Å². The zero-order valence-electron chi connectivity index (χ0n) is 12.0. The molecule has 1 heterocycles. The highest BCUT2D eigenvalue weighted by molar-refractivity contribution is 4.80. The van der Waals surface area contributed by atoms with Crippen LogP contribution in [-0.2, 0) is 4.74 Å². The number of likely N-dealkylation sites (tertiary alicyclic amines) is 1. The Morgan fingerprint density at radius 2 is 1.83 bits per heavy atom. The molecule has 0 aromatic carbocycles. The van der Waals surface area contributed by atoms with Crippen LogP contribution in [0.1, 0.15) is 51.9 Å². The van der Waals surface area contributed by atoms with Gasteiger partial charge in [-0.1, -0.05) is 6.42 Å². The van der Waals surface area contributed by atoms with Crippen LogP contribution in [0.5, 0.6) is 0 Å². The third-order valence-electron chi connectivity index (χ3n) is 4.10. The zero-order valence-corrected chi connectivity index (χ0v) is 12.0. The molecule has 1 saturated heterocycles. The molecule has 0 atom stereocenters. The maximum Gasteiger partial charge on any atom is 0.0599 e. The molecule has 1 aliphatic heterocycles. The number of unbranched alkanes of at least 4 members (excludes halogenated alkanes) is 2. The summed E-state index contributed by atoms with van der Waals surface area (Å²) in [4.78, 5) is 2.61. The molecule has 3 nitrogen and oxygen atoms in total. The van der Waals surface area contributed by atoms with E-state index in [0.717, 1.165) is 12.6 Å². The summed E-state index contributed by atoms with van der Waals surface area (Å²) in [5, 5.41) is 3.58. The second-order valence-corrected chi connectivity index (χ2v) is 5.79. The Morgan fingerprint density at radius 1 is 1.06 bits per heavy atom. The lowest BCUT2D eigenvalue weighted by Gasteiger charge is -2.31. The molecule has 0 amide bonds. The third-order valence-corrected chi connectivity index (χ3v) is 4.10. The van der Waals surface area contributed by atoms with E-state index in [1.807, 2.05) is 0 Å². The summed E-state index contributed by atoms with van der Waals surface area (Å²) in [6.07, 6.45) is 9.93. The average Bonchev–Trinajstić information content (AvgIpc) is 3.20. The van der Waals surface area contributed by atoms with Crippen LogP contribution in [0.25, 0.3) is 0 Å². The maximum atomic E-state index is 5.68. The lowest BCUT2D eigenvalue weighted by molar-refractivity contribution is 0.0140. The number of piperidine rings is 1. The van der Waals surface area contributed by atoms with Crippen molar-refractivity contribution in [3.63, 3.8) is 0 Å². The van der Waals surface area contributed by atoms with Gasteiger partial charge in [0.1, 0.15) is 0 Å². The molecule has 1 aliphatic carbocycles. The van der Waals surface area contributed by atoms with Crippen LogP contribution in [0.15, 0.2) is 0 Å². The van der Waals surface area contributed by atoms with Crippen molar-refractivity contribution >= 4 is 0 Å². The molecule has 0 radical (unpaired) electrons. The molecule has 2 aliphatic rings. The molecule has 2 fully saturated rings. The number of hydrogen-bond donors (Lipinski definition) is 1. The standard InChI is InChI=1S/C15H30N2O/c1-2-18-15-8-12-17(13-9-15)11-5-3-4-10-16-14-6-7-14/h14-16H,2-13H2,1H3. The van der Waals surface area contributed by atoms with Gasteiger partial charge in [-0.3, -0.25) is 0 Å². The van der Waals surface area contributed by atoms with Crippen LogP contribution >= 0.6 is 0 Å². The molecular formula is C15H30N2O. The van der Waals surface area contributed by atoms with E-state index in [2.05, 4.69) is 17.1 Å². The van der Waals surface area contributed by atoms with Crippen LogP contribution in [0.3, 0.4) is 0 Å². The minimum Gasteiger partial charge on any atom is -0.378 e. The smallest absolute Gasteiger partial charge is 0.0599 e. The summed E-state index contributed by atoms with van der Waals surface area (Å²) in [5.41, 5.74) is 0. The molecule has 0 aromatic heterocycles. The Balaban J connectivity index is 1.40. The van der Waals surface area contributed by atoms with Gasteiger partial charge in [-0.15, -0.1) is 0 Å². The number of nitrogens with one attached hydrogen (secondary N) is 1. The molecule has 3 heteroatoms. The Hall–Kier alpha value is -0.120. The zero-order chi connectivity index (χ0) is 12.6. The van der Waals surface area contributed by atoms with Gasteiger partial charge in [0.2, 0.25) is 0 Å². The Bertz CT molecular complexity index is 211. The summed E-state index contributed by atoms with van der Waals surface area (Å²) in [7, 11) is 0. The fourth-order valence-corrected chi connectivity index (χ4v) is 2.77. The summed E-state index contributed by atoms with van der Waals surface area (Å²) >= 11 is 0. The largest absolute Gasteiger partial charge is 0.378 e. The fraction of sp³-hybridized carbons (Fsp3) is 1.00. The number of rotatable bonds is 9. The Labute approximate surface area is 112 Å². The van der Waals surface area contributed by atoms with Crippen molar-refractivity contribution in [2.45, 2.75) is 64.0 Å². The monoisotopic (exact) mass is 254 g/mol. The summed E-state index contributed by atoms with van der Waals surface area (Å²) in [6, 6.07) is 0.877. The van der Waals surface area contributed by atoms with Crippen LogP contribution in [0.2, 0.25) is 0 Å². The molecule has 0 unspecified atom stereocenters. The number of hydrogen-bond acceptors (Lipinski definition) is 3. The highest BCUT2D eigenvalue weighted by Gasteiger charge is 2.20. The minimum atomic E-state index is 0.536. The Morgan fingerprint density at radius 3 is 2.50 bits per heavy atom. The van der Waals surface area contributed by atoms with E-state index < -0.39 is 0 Å². The summed E-state index contributed by atoms with van der Waals surface area (Å²) < 4.78 is 5.68. The lowest BCUT2D eigenvalue weighted by atomic mass is 10.1. The maximum absolute atomic E-state index is 5.68. The van der Waals surface area contributed by atoms with E-state index in [0.29, 0.717) is 6.10 Å². The molecule has 1 N–H and O–H groups in total. The van der Waals surface area contributed by atoms with Crippen molar-refractivity contribution in [1.29, 1.82) is 0 Å². The minimum absolute atomic E-state index is 0.536. The van der Waals surface area contributed by atoms with Crippen molar-refractivity contribution < 1.29 is 4.74 Å². The first-order chi connectivity index (χ1) is 8.88. The van der Waals surface area contributed by atoms with Crippen molar-refractivity contribution in [1.82, 2.24) is 10.2 Å². The molecule has 1 saturated carbocycles. The van der Waals surface area contributed by atoms with Crippen molar-refractivity contribution in [3.8, 4) is 0 Å². The predicted molar refractivity (Wildman–Crippen MR) is 76.0 cm³/mol. The van der Waals surface area contributed by atoms with Crippen LogP contribution in [-0.4, -0.2) is 49.8 Å². The van der Waals surface area contributed by atoms with Gasteiger partial charge in [-0.2, -0.15) is 0 Å². The molecule has 0 spiro atoms. The SMILES string of the molecule is CCOC1CCN(CCCCCNC2CC2)CC1. The first-order valence-corrected chi connectivity index (χ1v) is 7.96. The molecule has 0 bridgehead atoms. The topological polar surface area (TPSA) is 24.5 Å². The van der Waals surface area contributed by atoms with Gasteiger partial charge in [-0.25, -0.2) is 0 Å². The molecule has 0 aromatic rings. The number of ether oxygens (including phenoxy) is 1. The normalized spacial score (nSPS) is 22.5. The molecule has 18 heavy (non-hydrogen) atoms. The van der Waals surface area contributed by atoms with E-state index >= 15 is 0 Å². The first kappa shape index (κ1) is 14.3. The van der Waals surface area contributed by atoms with Crippen LogP contribution in [0, 0.1) is 0 Å². The third kappa shape index (κ3) is 5.68. The van der Waals surface area contributed by atoms with E-state index in [1.165, 1.54) is 71.1 Å². The van der Waals surface area contributed by atoms with Gasteiger partial charge in [0.15, 0.2) is 0 Å². The second kappa shape index (κ2) is 8.13.